The summed E-state index contributed by atoms with van der Waals surface area (Å²) in [6, 6.07) is 4.07. The summed E-state index contributed by atoms with van der Waals surface area (Å²) >= 11 is 0. The molecule has 0 saturated carbocycles. The highest BCUT2D eigenvalue weighted by molar-refractivity contribution is 5.69. The first-order valence-corrected chi connectivity index (χ1v) is 17.9. The zero-order valence-electron chi connectivity index (χ0n) is 28.2. The van der Waals surface area contributed by atoms with Gasteiger partial charge in [-0.05, 0) is 76.7 Å². The molecule has 0 aliphatic heterocycles. The zero-order chi connectivity index (χ0) is 30.5. The summed E-state index contributed by atoms with van der Waals surface area (Å²) in [6.07, 6.45) is 27.2. The molecule has 1 heterocycles. The lowest BCUT2D eigenvalue weighted by Crippen LogP contribution is -2.28. The molecule has 2 N–H and O–H groups in total. The summed E-state index contributed by atoms with van der Waals surface area (Å²) in [6.45, 7) is 11.2. The monoisotopic (exact) mass is 589 g/mol. The van der Waals surface area contributed by atoms with Gasteiger partial charge in [0.15, 0.2) is 0 Å². The molecule has 0 saturated heterocycles. The van der Waals surface area contributed by atoms with E-state index in [2.05, 4.69) is 47.4 Å². The molecule has 0 spiro atoms. The Labute approximate surface area is 260 Å². The van der Waals surface area contributed by atoms with Crippen molar-refractivity contribution in [3.8, 4) is 0 Å². The first-order chi connectivity index (χ1) is 20.6. The van der Waals surface area contributed by atoms with Crippen LogP contribution in [-0.2, 0) is 9.53 Å². The molecule has 1 aromatic heterocycles. The first kappa shape index (κ1) is 38.2. The number of hydrogen-bond donors (Lipinski definition) is 2. The van der Waals surface area contributed by atoms with Crippen LogP contribution in [-0.4, -0.2) is 55.2 Å². The lowest BCUT2D eigenvalue weighted by molar-refractivity contribution is -0.149. The van der Waals surface area contributed by atoms with Gasteiger partial charge in [0.25, 0.3) is 0 Å². The summed E-state index contributed by atoms with van der Waals surface area (Å²) in [5, 5.41) is 6.72. The van der Waals surface area contributed by atoms with Crippen LogP contribution >= 0.6 is 0 Å². The summed E-state index contributed by atoms with van der Waals surface area (Å²) < 4.78 is 5.79. The van der Waals surface area contributed by atoms with E-state index in [1.165, 1.54) is 109 Å². The highest BCUT2D eigenvalue weighted by atomic mass is 16.5. The molecule has 1 unspecified atom stereocenters. The van der Waals surface area contributed by atoms with Crippen molar-refractivity contribution >= 4 is 17.5 Å². The number of carbonyl (C=O) groups is 1. The Kier molecular flexibility index (Phi) is 25.5. The van der Waals surface area contributed by atoms with Crippen LogP contribution in [0.25, 0.3) is 0 Å². The molecular formula is C36H68N4O2. The van der Waals surface area contributed by atoms with Crippen LogP contribution in [0.15, 0.2) is 18.3 Å². The Bertz CT molecular complexity index is 745. The molecule has 0 fully saturated rings. The summed E-state index contributed by atoms with van der Waals surface area (Å²) in [5.41, 5.74) is 1.08. The zero-order valence-corrected chi connectivity index (χ0v) is 28.2. The average Bonchev–Trinajstić information content (AvgIpc) is 3.01. The number of rotatable bonds is 30. The molecule has 6 heteroatoms. The molecule has 244 valence electrons. The van der Waals surface area contributed by atoms with Gasteiger partial charge in [0.1, 0.15) is 11.9 Å². The number of esters is 1. The standard InChI is InChI=1S/C36H68N4O2/c1-5-8-10-12-15-19-25-33(7-3)42-35(41)27-20-16-14-18-22-31-40(30-21-17-13-11-9-6-2)32-24-29-38-34-26-23-28-39-36(34)37-4/h23,26,28,33,38H,5-22,24-25,27,29-32H2,1-4H3,(H,37,39). The maximum absolute atomic E-state index is 12.4. The Morgan fingerprint density at radius 1 is 0.786 bits per heavy atom. The number of anilines is 2. The number of unbranched alkanes of at least 4 members (excludes halogenated alkanes) is 14. The third-order valence-electron chi connectivity index (χ3n) is 8.33. The number of pyridine rings is 1. The van der Waals surface area contributed by atoms with Gasteiger partial charge in [-0.1, -0.05) is 104 Å². The highest BCUT2D eigenvalue weighted by Crippen LogP contribution is 2.17. The molecule has 0 amide bonds. The molecule has 0 aliphatic rings. The van der Waals surface area contributed by atoms with Crippen LogP contribution in [0.3, 0.4) is 0 Å². The van der Waals surface area contributed by atoms with Crippen LogP contribution in [0.2, 0.25) is 0 Å². The lowest BCUT2D eigenvalue weighted by Gasteiger charge is -2.23. The van der Waals surface area contributed by atoms with Crippen LogP contribution in [0, 0.1) is 0 Å². The minimum Gasteiger partial charge on any atom is -0.462 e. The van der Waals surface area contributed by atoms with Gasteiger partial charge >= 0.3 is 5.97 Å². The van der Waals surface area contributed by atoms with E-state index in [1.54, 1.807) is 0 Å². The maximum atomic E-state index is 12.4. The molecule has 1 rings (SSSR count). The van der Waals surface area contributed by atoms with E-state index < -0.39 is 0 Å². The molecule has 0 radical (unpaired) electrons. The van der Waals surface area contributed by atoms with Gasteiger partial charge in [0, 0.05) is 26.2 Å². The van der Waals surface area contributed by atoms with Gasteiger partial charge in [0.05, 0.1) is 5.69 Å². The highest BCUT2D eigenvalue weighted by Gasteiger charge is 2.12. The van der Waals surface area contributed by atoms with Gasteiger partial charge in [-0.2, -0.15) is 0 Å². The van der Waals surface area contributed by atoms with E-state index >= 15 is 0 Å². The minimum atomic E-state index is 0.0136. The smallest absolute Gasteiger partial charge is 0.306 e. The molecule has 42 heavy (non-hydrogen) atoms. The lowest BCUT2D eigenvalue weighted by atomic mass is 10.1. The van der Waals surface area contributed by atoms with Crippen molar-refractivity contribution in [2.45, 2.75) is 162 Å². The van der Waals surface area contributed by atoms with E-state index in [1.807, 2.05) is 19.3 Å². The van der Waals surface area contributed by atoms with Crippen LogP contribution in [0.1, 0.15) is 156 Å². The fourth-order valence-corrected chi connectivity index (χ4v) is 5.60. The third-order valence-corrected chi connectivity index (χ3v) is 8.33. The fourth-order valence-electron chi connectivity index (χ4n) is 5.60. The Morgan fingerprint density at radius 3 is 1.98 bits per heavy atom. The molecule has 1 atom stereocenters. The van der Waals surface area contributed by atoms with E-state index in [4.69, 9.17) is 4.74 Å². The van der Waals surface area contributed by atoms with Gasteiger partial charge in [-0.3, -0.25) is 4.79 Å². The first-order valence-electron chi connectivity index (χ1n) is 17.9. The van der Waals surface area contributed by atoms with Crippen molar-refractivity contribution in [2.24, 2.45) is 0 Å². The Balaban J connectivity index is 2.23. The Hall–Kier alpha value is -1.82. The van der Waals surface area contributed by atoms with Crippen molar-refractivity contribution < 1.29 is 9.53 Å². The summed E-state index contributed by atoms with van der Waals surface area (Å²) in [4.78, 5) is 19.4. The topological polar surface area (TPSA) is 66.5 Å². The van der Waals surface area contributed by atoms with Crippen LogP contribution < -0.4 is 10.6 Å². The van der Waals surface area contributed by atoms with Gasteiger partial charge in [0.2, 0.25) is 0 Å². The SMILES string of the molecule is CCCCCCCCC(CC)OC(=O)CCCCCCCN(CCCCCCCC)CCCNc1cccnc1NC. The second-order valence-corrected chi connectivity index (χ2v) is 12.1. The number of nitrogens with one attached hydrogen (secondary N) is 2. The van der Waals surface area contributed by atoms with Crippen LogP contribution in [0.4, 0.5) is 11.5 Å². The van der Waals surface area contributed by atoms with Crippen LogP contribution in [0.5, 0.6) is 0 Å². The van der Waals surface area contributed by atoms with Gasteiger partial charge in [-0.25, -0.2) is 4.98 Å². The van der Waals surface area contributed by atoms with Crippen molar-refractivity contribution in [3.05, 3.63) is 18.3 Å². The van der Waals surface area contributed by atoms with E-state index in [-0.39, 0.29) is 12.1 Å². The van der Waals surface area contributed by atoms with E-state index in [0.29, 0.717) is 6.42 Å². The molecule has 1 aromatic rings. The third kappa shape index (κ3) is 21.0. The molecule has 6 nitrogen and oxygen atoms in total. The van der Waals surface area contributed by atoms with Gasteiger partial charge < -0.3 is 20.3 Å². The number of carbonyl (C=O) groups excluding carboxylic acids is 1. The molecular weight excluding hydrogens is 520 g/mol. The summed E-state index contributed by atoms with van der Waals surface area (Å²) in [7, 11) is 1.92. The fraction of sp³-hybridized carbons (Fsp3) is 0.833. The predicted octanol–water partition coefficient (Wildman–Crippen LogP) is 10.0. The van der Waals surface area contributed by atoms with E-state index in [9.17, 15) is 4.79 Å². The minimum absolute atomic E-state index is 0.0136. The predicted molar refractivity (Wildman–Crippen MR) is 183 cm³/mol. The second-order valence-electron chi connectivity index (χ2n) is 12.1. The Morgan fingerprint density at radius 2 is 1.36 bits per heavy atom. The van der Waals surface area contributed by atoms with Crippen molar-refractivity contribution in [3.63, 3.8) is 0 Å². The maximum Gasteiger partial charge on any atom is 0.306 e. The van der Waals surface area contributed by atoms with E-state index in [0.717, 1.165) is 56.7 Å². The second kappa shape index (κ2) is 28.0. The number of ether oxygens (including phenoxy) is 1. The molecule has 0 aromatic carbocycles. The quantitative estimate of drug-likeness (QED) is 0.0688. The average molecular weight is 589 g/mol. The van der Waals surface area contributed by atoms with Crippen molar-refractivity contribution in [1.82, 2.24) is 9.88 Å². The van der Waals surface area contributed by atoms with Crippen molar-refractivity contribution in [1.29, 1.82) is 0 Å². The largest absolute Gasteiger partial charge is 0.462 e. The normalized spacial score (nSPS) is 12.0. The van der Waals surface area contributed by atoms with Gasteiger partial charge in [-0.15, -0.1) is 0 Å². The molecule has 0 bridgehead atoms. The summed E-state index contributed by atoms with van der Waals surface area (Å²) in [5.74, 6) is 0.924. The number of nitrogens with zero attached hydrogens (tertiary/aromatic N) is 2. The number of aromatic nitrogens is 1. The van der Waals surface area contributed by atoms with Crippen molar-refractivity contribution in [2.75, 3.05) is 43.9 Å². The molecule has 0 aliphatic carbocycles. The number of hydrogen-bond acceptors (Lipinski definition) is 6.